The van der Waals surface area contributed by atoms with E-state index in [9.17, 15) is 0 Å². The molecule has 1 aromatic heterocycles. The summed E-state index contributed by atoms with van der Waals surface area (Å²) in [4.78, 5) is 13.0. The fourth-order valence-corrected chi connectivity index (χ4v) is 6.40. The molecule has 41 heavy (non-hydrogen) atoms. The van der Waals surface area contributed by atoms with Gasteiger partial charge < -0.3 is 0 Å². The average Bonchev–Trinajstić information content (AvgIpc) is 3.03. The lowest BCUT2D eigenvalue weighted by molar-refractivity contribution is 1.18. The van der Waals surface area contributed by atoms with Gasteiger partial charge in [-0.25, -0.2) is 9.97 Å². The van der Waals surface area contributed by atoms with Crippen LogP contribution in [0.15, 0.2) is 140 Å². The molecule has 7 aromatic carbocycles. The Morgan fingerprint density at radius 1 is 0.415 bits per heavy atom. The van der Waals surface area contributed by atoms with Gasteiger partial charge in [0.1, 0.15) is 5.69 Å². The first-order chi connectivity index (χ1) is 20.3. The van der Waals surface area contributed by atoms with Crippen LogP contribution in [0.5, 0.6) is 0 Å². The van der Waals surface area contributed by atoms with Crippen molar-refractivity contribution < 1.29 is 0 Å². The van der Waals surface area contributed by atoms with E-state index in [0.717, 1.165) is 39.5 Å². The first-order valence-corrected chi connectivity index (χ1v) is 13.9. The van der Waals surface area contributed by atoms with Gasteiger partial charge in [-0.2, -0.15) is 0 Å². The number of nitrogens with zero attached hydrogens (tertiary/aromatic N) is 3. The molecular formula is C38H23N3. The van der Waals surface area contributed by atoms with Gasteiger partial charge in [0.25, 0.3) is 0 Å². The van der Waals surface area contributed by atoms with Crippen LogP contribution in [0.4, 0.5) is 17.2 Å². The second-order valence-corrected chi connectivity index (χ2v) is 10.7. The molecule has 0 N–H and O–H groups in total. The molecular weight excluding hydrogens is 498 g/mol. The fraction of sp³-hybridized carbons (Fsp3) is 0. The predicted octanol–water partition coefficient (Wildman–Crippen LogP) is 10.2. The Balaban J connectivity index is 1.42. The molecule has 0 unspecified atom stereocenters. The highest BCUT2D eigenvalue weighted by molar-refractivity contribution is 6.16. The summed E-state index contributed by atoms with van der Waals surface area (Å²) in [6, 6.07) is 49.6. The van der Waals surface area contributed by atoms with Crippen molar-refractivity contribution in [1.29, 1.82) is 0 Å². The van der Waals surface area contributed by atoms with E-state index in [0.29, 0.717) is 0 Å². The second kappa shape index (κ2) is 8.48. The summed E-state index contributed by atoms with van der Waals surface area (Å²) in [7, 11) is 0. The van der Waals surface area contributed by atoms with E-state index in [2.05, 4.69) is 126 Å². The topological polar surface area (TPSA) is 29.0 Å². The van der Waals surface area contributed by atoms with E-state index in [4.69, 9.17) is 9.97 Å². The van der Waals surface area contributed by atoms with E-state index >= 15 is 0 Å². The van der Waals surface area contributed by atoms with Crippen LogP contribution in [-0.2, 0) is 0 Å². The number of hydrogen-bond donors (Lipinski definition) is 0. The monoisotopic (exact) mass is 521 g/mol. The summed E-state index contributed by atoms with van der Waals surface area (Å²) in [5, 5.41) is 7.26. The highest BCUT2D eigenvalue weighted by Crippen LogP contribution is 2.53. The minimum atomic E-state index is 0.831. The van der Waals surface area contributed by atoms with Gasteiger partial charge in [0, 0.05) is 16.5 Å². The van der Waals surface area contributed by atoms with E-state index in [1.807, 2.05) is 18.2 Å². The van der Waals surface area contributed by atoms with Crippen LogP contribution in [0.2, 0.25) is 0 Å². The van der Waals surface area contributed by atoms with Crippen LogP contribution in [0.3, 0.4) is 0 Å². The maximum absolute atomic E-state index is 5.36. The molecule has 0 saturated heterocycles. The van der Waals surface area contributed by atoms with Gasteiger partial charge in [-0.15, -0.1) is 0 Å². The number of hydrogen-bond acceptors (Lipinski definition) is 3. The normalized spacial score (nSPS) is 12.3. The molecule has 0 atom stereocenters. The highest BCUT2D eigenvalue weighted by Gasteiger charge is 2.30. The summed E-state index contributed by atoms with van der Waals surface area (Å²) in [5.41, 5.74) is 8.35. The van der Waals surface area contributed by atoms with Gasteiger partial charge in [0.15, 0.2) is 5.82 Å². The first-order valence-electron chi connectivity index (χ1n) is 13.9. The van der Waals surface area contributed by atoms with Crippen molar-refractivity contribution in [3.8, 4) is 22.4 Å². The molecule has 0 spiro atoms. The minimum absolute atomic E-state index is 0.831. The Bertz CT molecular complexity index is 2330. The molecule has 0 amide bonds. The Kier molecular flexibility index (Phi) is 4.61. The standard InChI is InChI=1S/C38H23N3/c1-2-10-26-21-29(20-19-24(26)9-1)37-38(40-33-17-6-5-16-32(33)39-37)41-34-18-8-14-25-13-7-15-30(36(25)34)31-22-27-11-3-4-12-28(27)23-35(31)41/h1-23H. The lowest BCUT2D eigenvalue weighted by atomic mass is 9.89. The summed E-state index contributed by atoms with van der Waals surface area (Å²) in [6.07, 6.45) is 0. The van der Waals surface area contributed by atoms with E-state index < -0.39 is 0 Å². The lowest BCUT2D eigenvalue weighted by Crippen LogP contribution is -2.18. The molecule has 0 aliphatic carbocycles. The third-order valence-electron chi connectivity index (χ3n) is 8.31. The van der Waals surface area contributed by atoms with Crippen molar-refractivity contribution in [2.24, 2.45) is 0 Å². The SMILES string of the molecule is c1ccc2cc(-c3nc4ccccc4nc3N3c4cc5ccccc5cc4-c4cccc5cccc3c45)ccc2c1. The van der Waals surface area contributed by atoms with Crippen LogP contribution < -0.4 is 4.90 Å². The largest absolute Gasteiger partial charge is 0.292 e. The third-order valence-corrected chi connectivity index (χ3v) is 8.31. The van der Waals surface area contributed by atoms with Crippen LogP contribution >= 0.6 is 0 Å². The molecule has 8 aromatic rings. The number of benzene rings is 7. The van der Waals surface area contributed by atoms with E-state index in [1.54, 1.807) is 0 Å². The predicted molar refractivity (Wildman–Crippen MR) is 171 cm³/mol. The summed E-state index contributed by atoms with van der Waals surface area (Å²) in [6.45, 7) is 0. The fourth-order valence-electron chi connectivity index (χ4n) is 6.40. The van der Waals surface area contributed by atoms with E-state index in [1.165, 1.54) is 43.4 Å². The van der Waals surface area contributed by atoms with Gasteiger partial charge in [0.05, 0.1) is 22.4 Å². The summed E-state index contributed by atoms with van der Waals surface area (Å²) >= 11 is 0. The maximum Gasteiger partial charge on any atom is 0.165 e. The molecule has 190 valence electrons. The highest BCUT2D eigenvalue weighted by atomic mass is 15.2. The number of anilines is 3. The van der Waals surface area contributed by atoms with Crippen LogP contribution in [0, 0.1) is 0 Å². The Morgan fingerprint density at radius 3 is 1.85 bits per heavy atom. The van der Waals surface area contributed by atoms with Gasteiger partial charge in [-0.1, -0.05) is 103 Å². The van der Waals surface area contributed by atoms with Crippen LogP contribution in [0.1, 0.15) is 0 Å². The average molecular weight is 522 g/mol. The molecule has 1 aliphatic heterocycles. The van der Waals surface area contributed by atoms with Crippen LogP contribution in [-0.4, -0.2) is 9.97 Å². The molecule has 0 bridgehead atoms. The Morgan fingerprint density at radius 2 is 1.05 bits per heavy atom. The number of aromatic nitrogens is 2. The van der Waals surface area contributed by atoms with Gasteiger partial charge in [-0.05, 0) is 68.9 Å². The summed E-state index contributed by atoms with van der Waals surface area (Å²) in [5.74, 6) is 0.831. The van der Waals surface area contributed by atoms with Crippen molar-refractivity contribution in [1.82, 2.24) is 9.97 Å². The third kappa shape index (κ3) is 3.33. The molecule has 3 heteroatoms. The van der Waals surface area contributed by atoms with Crippen LogP contribution in [0.25, 0.3) is 65.7 Å². The number of fused-ring (bicyclic) bond motifs is 5. The molecule has 0 saturated carbocycles. The molecule has 0 radical (unpaired) electrons. The van der Waals surface area contributed by atoms with Crippen molar-refractivity contribution in [2.75, 3.05) is 4.90 Å². The zero-order valence-electron chi connectivity index (χ0n) is 22.1. The quantitative estimate of drug-likeness (QED) is 0.227. The Hall–Kier alpha value is -5.54. The molecule has 2 heterocycles. The molecule has 0 fully saturated rings. The smallest absolute Gasteiger partial charge is 0.165 e. The van der Waals surface area contributed by atoms with Gasteiger partial charge in [0.2, 0.25) is 0 Å². The van der Waals surface area contributed by atoms with Crippen molar-refractivity contribution in [3.05, 3.63) is 140 Å². The van der Waals surface area contributed by atoms with Gasteiger partial charge in [-0.3, -0.25) is 4.90 Å². The zero-order chi connectivity index (χ0) is 26.9. The second-order valence-electron chi connectivity index (χ2n) is 10.7. The Labute approximate surface area is 237 Å². The summed E-state index contributed by atoms with van der Waals surface area (Å²) < 4.78 is 0. The molecule has 1 aliphatic rings. The maximum atomic E-state index is 5.36. The minimum Gasteiger partial charge on any atom is -0.292 e. The van der Waals surface area contributed by atoms with Crippen molar-refractivity contribution in [2.45, 2.75) is 0 Å². The lowest BCUT2D eigenvalue weighted by Gasteiger charge is -2.34. The number of rotatable bonds is 2. The van der Waals surface area contributed by atoms with Crippen molar-refractivity contribution >= 4 is 60.5 Å². The van der Waals surface area contributed by atoms with Crippen molar-refractivity contribution in [3.63, 3.8) is 0 Å². The van der Waals surface area contributed by atoms with Gasteiger partial charge >= 0.3 is 0 Å². The first kappa shape index (κ1) is 22.3. The number of para-hydroxylation sites is 2. The van der Waals surface area contributed by atoms with E-state index in [-0.39, 0.29) is 0 Å². The molecule has 3 nitrogen and oxygen atoms in total. The zero-order valence-corrected chi connectivity index (χ0v) is 22.1. The molecule has 9 rings (SSSR count).